The molecule has 3 rings (SSSR count). The summed E-state index contributed by atoms with van der Waals surface area (Å²) in [5, 5.41) is 0.473. The van der Waals surface area contributed by atoms with E-state index >= 15 is 0 Å². The lowest BCUT2D eigenvalue weighted by molar-refractivity contribution is -0.0707. The fourth-order valence-corrected chi connectivity index (χ4v) is 4.91. The van der Waals surface area contributed by atoms with E-state index in [-0.39, 0.29) is 0 Å². The summed E-state index contributed by atoms with van der Waals surface area (Å²) in [5.41, 5.74) is 0. The zero-order valence-electron chi connectivity index (χ0n) is 11.4. The number of hydrogen-bond donors (Lipinski definition) is 0. The lowest BCUT2D eigenvalue weighted by Gasteiger charge is -2.43. The van der Waals surface area contributed by atoms with Crippen molar-refractivity contribution in [3.05, 3.63) is 0 Å². The van der Waals surface area contributed by atoms with Crippen molar-refractivity contribution in [3.63, 3.8) is 0 Å². The molecular formula is C15H25ClO. The molecule has 98 valence electrons. The van der Waals surface area contributed by atoms with Crippen molar-refractivity contribution in [2.45, 2.75) is 45.1 Å². The van der Waals surface area contributed by atoms with Crippen molar-refractivity contribution >= 4 is 11.6 Å². The van der Waals surface area contributed by atoms with Gasteiger partial charge in [-0.15, -0.1) is 11.6 Å². The first-order chi connectivity index (χ1) is 8.06. The van der Waals surface area contributed by atoms with Crippen LogP contribution in [0.5, 0.6) is 0 Å². The summed E-state index contributed by atoms with van der Waals surface area (Å²) in [4.78, 5) is 0. The van der Waals surface area contributed by atoms with E-state index in [1.807, 2.05) is 7.11 Å². The van der Waals surface area contributed by atoms with Crippen LogP contribution in [-0.2, 0) is 4.74 Å². The first kappa shape index (κ1) is 12.3. The normalized spacial score (nSPS) is 60.9. The number of rotatable bonds is 4. The SMILES string of the molecule is COC1CC(C)C1C1C(C)C1CC1C(C)C1Cl. The predicted octanol–water partition coefficient (Wildman–Crippen LogP) is 3.80. The minimum Gasteiger partial charge on any atom is -0.381 e. The molecule has 0 saturated heterocycles. The summed E-state index contributed by atoms with van der Waals surface area (Å²) in [6, 6.07) is 0. The summed E-state index contributed by atoms with van der Waals surface area (Å²) in [7, 11) is 1.88. The van der Waals surface area contributed by atoms with E-state index in [1.165, 1.54) is 12.8 Å². The lowest BCUT2D eigenvalue weighted by Crippen LogP contribution is -2.43. The zero-order chi connectivity index (χ0) is 12.3. The van der Waals surface area contributed by atoms with Gasteiger partial charge in [-0.3, -0.25) is 0 Å². The van der Waals surface area contributed by atoms with Crippen molar-refractivity contribution in [3.8, 4) is 0 Å². The zero-order valence-corrected chi connectivity index (χ0v) is 12.2. The number of halogens is 1. The second kappa shape index (κ2) is 4.13. The molecule has 1 nitrogen and oxygen atoms in total. The minimum atomic E-state index is 0.473. The van der Waals surface area contributed by atoms with E-state index in [0.717, 1.165) is 41.4 Å². The second-order valence-corrected chi connectivity index (χ2v) is 7.37. The molecule has 3 aliphatic carbocycles. The molecule has 0 spiro atoms. The highest BCUT2D eigenvalue weighted by Gasteiger charge is 2.60. The third-order valence-electron chi connectivity index (χ3n) is 6.06. The largest absolute Gasteiger partial charge is 0.381 e. The highest BCUT2D eigenvalue weighted by Crippen LogP contribution is 2.63. The Morgan fingerprint density at radius 2 is 1.71 bits per heavy atom. The summed E-state index contributed by atoms with van der Waals surface area (Å²) in [5.74, 6) is 6.07. The molecule has 3 aliphatic rings. The van der Waals surface area contributed by atoms with Gasteiger partial charge in [-0.1, -0.05) is 20.8 Å². The number of methoxy groups -OCH3 is 1. The Labute approximate surface area is 110 Å². The van der Waals surface area contributed by atoms with Crippen LogP contribution in [0.25, 0.3) is 0 Å². The molecule has 0 N–H and O–H groups in total. The van der Waals surface area contributed by atoms with Gasteiger partial charge in [0.05, 0.1) is 6.10 Å². The van der Waals surface area contributed by atoms with Gasteiger partial charge in [0.15, 0.2) is 0 Å². The molecule has 0 bridgehead atoms. The fraction of sp³-hybridized carbons (Fsp3) is 1.00. The first-order valence-corrected chi connectivity index (χ1v) is 7.66. The lowest BCUT2D eigenvalue weighted by atomic mass is 9.68. The molecule has 9 unspecified atom stereocenters. The van der Waals surface area contributed by atoms with Gasteiger partial charge in [0.2, 0.25) is 0 Å². The van der Waals surface area contributed by atoms with Crippen LogP contribution in [0.4, 0.5) is 0 Å². The van der Waals surface area contributed by atoms with Gasteiger partial charge in [0, 0.05) is 12.5 Å². The van der Waals surface area contributed by atoms with Crippen LogP contribution >= 0.6 is 11.6 Å². The van der Waals surface area contributed by atoms with Crippen LogP contribution in [-0.4, -0.2) is 18.6 Å². The van der Waals surface area contributed by atoms with Crippen molar-refractivity contribution in [2.24, 2.45) is 41.4 Å². The van der Waals surface area contributed by atoms with Crippen molar-refractivity contribution < 1.29 is 4.74 Å². The molecule has 0 amide bonds. The Hall–Kier alpha value is 0.250. The fourth-order valence-electron chi connectivity index (χ4n) is 4.47. The Balaban J connectivity index is 1.55. The Kier molecular flexibility index (Phi) is 2.99. The molecule has 2 heteroatoms. The monoisotopic (exact) mass is 256 g/mol. The average Bonchev–Trinajstić information content (AvgIpc) is 3.09. The van der Waals surface area contributed by atoms with Gasteiger partial charge in [-0.25, -0.2) is 0 Å². The van der Waals surface area contributed by atoms with Crippen molar-refractivity contribution in [2.75, 3.05) is 7.11 Å². The van der Waals surface area contributed by atoms with Gasteiger partial charge in [-0.05, 0) is 54.3 Å². The van der Waals surface area contributed by atoms with Crippen molar-refractivity contribution in [1.82, 2.24) is 0 Å². The van der Waals surface area contributed by atoms with E-state index in [0.29, 0.717) is 11.5 Å². The van der Waals surface area contributed by atoms with Crippen LogP contribution in [0.1, 0.15) is 33.6 Å². The standard InChI is InChI=1S/C15H25ClO/c1-7-5-12(17-4)13(7)14-8(2)10(14)6-11-9(3)15(11)16/h7-15H,5-6H2,1-4H3. The van der Waals surface area contributed by atoms with Crippen LogP contribution in [0.3, 0.4) is 0 Å². The highest BCUT2D eigenvalue weighted by atomic mass is 35.5. The molecule has 0 aromatic rings. The van der Waals surface area contributed by atoms with E-state index in [9.17, 15) is 0 Å². The Morgan fingerprint density at radius 1 is 1.06 bits per heavy atom. The van der Waals surface area contributed by atoms with Crippen LogP contribution in [0, 0.1) is 41.4 Å². The maximum atomic E-state index is 6.26. The molecule has 9 atom stereocenters. The van der Waals surface area contributed by atoms with Gasteiger partial charge >= 0.3 is 0 Å². The highest BCUT2D eigenvalue weighted by molar-refractivity contribution is 6.22. The molecule has 0 aromatic carbocycles. The first-order valence-electron chi connectivity index (χ1n) is 7.23. The minimum absolute atomic E-state index is 0.473. The maximum absolute atomic E-state index is 6.26. The molecule has 0 aliphatic heterocycles. The molecule has 0 heterocycles. The summed E-state index contributed by atoms with van der Waals surface area (Å²) >= 11 is 6.26. The summed E-state index contributed by atoms with van der Waals surface area (Å²) in [6.07, 6.45) is 3.20. The number of alkyl halides is 1. The summed E-state index contributed by atoms with van der Waals surface area (Å²) in [6.45, 7) is 7.13. The van der Waals surface area contributed by atoms with E-state index < -0.39 is 0 Å². The average molecular weight is 257 g/mol. The van der Waals surface area contributed by atoms with Crippen LogP contribution in [0.15, 0.2) is 0 Å². The summed E-state index contributed by atoms with van der Waals surface area (Å²) < 4.78 is 5.60. The third-order valence-corrected chi connectivity index (χ3v) is 6.78. The number of hydrogen-bond acceptors (Lipinski definition) is 1. The van der Waals surface area contributed by atoms with Gasteiger partial charge in [-0.2, -0.15) is 0 Å². The molecule has 3 fully saturated rings. The second-order valence-electron chi connectivity index (χ2n) is 6.87. The Bertz CT molecular complexity index is 297. The number of ether oxygens (including phenoxy) is 1. The Morgan fingerprint density at radius 3 is 2.18 bits per heavy atom. The van der Waals surface area contributed by atoms with E-state index in [4.69, 9.17) is 16.3 Å². The van der Waals surface area contributed by atoms with Gasteiger partial charge in [0.1, 0.15) is 0 Å². The molecule has 0 radical (unpaired) electrons. The molecule has 17 heavy (non-hydrogen) atoms. The maximum Gasteiger partial charge on any atom is 0.0607 e. The van der Waals surface area contributed by atoms with Gasteiger partial charge in [0.25, 0.3) is 0 Å². The van der Waals surface area contributed by atoms with E-state index in [2.05, 4.69) is 20.8 Å². The van der Waals surface area contributed by atoms with Crippen molar-refractivity contribution in [1.29, 1.82) is 0 Å². The molecule has 0 aromatic heterocycles. The van der Waals surface area contributed by atoms with Gasteiger partial charge < -0.3 is 4.74 Å². The van der Waals surface area contributed by atoms with Crippen LogP contribution in [0.2, 0.25) is 0 Å². The quantitative estimate of drug-likeness (QED) is 0.696. The topological polar surface area (TPSA) is 9.23 Å². The third kappa shape index (κ3) is 1.85. The molecular weight excluding hydrogens is 232 g/mol. The van der Waals surface area contributed by atoms with E-state index in [1.54, 1.807) is 0 Å². The smallest absolute Gasteiger partial charge is 0.0607 e. The predicted molar refractivity (Wildman–Crippen MR) is 71.1 cm³/mol. The van der Waals surface area contributed by atoms with Crippen LogP contribution < -0.4 is 0 Å². The molecule has 3 saturated carbocycles.